The third-order valence-corrected chi connectivity index (χ3v) is 7.36. The van der Waals surface area contributed by atoms with Crippen LogP contribution in [0.25, 0.3) is 0 Å². The van der Waals surface area contributed by atoms with E-state index in [4.69, 9.17) is 4.74 Å². The molecule has 1 aromatic carbocycles. The second kappa shape index (κ2) is 24.4. The number of hydrogen-bond acceptors (Lipinski definition) is 2. The van der Waals surface area contributed by atoms with Crippen LogP contribution in [0.15, 0.2) is 30.3 Å². The molecular formula is C33H58O2. The maximum atomic E-state index is 12.9. The van der Waals surface area contributed by atoms with Crippen LogP contribution in [0.2, 0.25) is 0 Å². The Bertz CT molecular complexity index is 568. The van der Waals surface area contributed by atoms with E-state index in [0.717, 1.165) is 25.7 Å². The molecule has 0 fully saturated rings. The van der Waals surface area contributed by atoms with Crippen molar-refractivity contribution in [2.24, 2.45) is 5.92 Å². The van der Waals surface area contributed by atoms with Crippen LogP contribution in [0, 0.1) is 5.92 Å². The van der Waals surface area contributed by atoms with Crippen molar-refractivity contribution < 1.29 is 9.53 Å². The first-order valence-electron chi connectivity index (χ1n) is 15.5. The van der Waals surface area contributed by atoms with Crippen molar-refractivity contribution in [2.75, 3.05) is 0 Å². The van der Waals surface area contributed by atoms with E-state index in [-0.39, 0.29) is 11.9 Å². The average Bonchev–Trinajstić information content (AvgIpc) is 2.87. The molecule has 0 N–H and O–H groups in total. The standard InChI is InChI=1S/C33H58O2/c1-3-5-7-9-11-12-13-14-15-16-17-19-21-24-28-31(27-23-20-18-10-8-6-4-2)33(34)35-32-29-25-22-26-30-32/h22,25-26,29-31H,3-21,23-24,27-28H2,1-2H3. The summed E-state index contributed by atoms with van der Waals surface area (Å²) in [6.45, 7) is 4.55. The summed E-state index contributed by atoms with van der Waals surface area (Å²) in [5.41, 5.74) is 0. The largest absolute Gasteiger partial charge is 0.426 e. The number of hydrogen-bond donors (Lipinski definition) is 0. The van der Waals surface area contributed by atoms with Gasteiger partial charge < -0.3 is 4.74 Å². The number of esters is 1. The van der Waals surface area contributed by atoms with Crippen LogP contribution < -0.4 is 4.74 Å². The van der Waals surface area contributed by atoms with Gasteiger partial charge in [-0.1, -0.05) is 167 Å². The van der Waals surface area contributed by atoms with Gasteiger partial charge in [0, 0.05) is 0 Å². The van der Waals surface area contributed by atoms with E-state index >= 15 is 0 Å². The van der Waals surface area contributed by atoms with Crippen molar-refractivity contribution in [2.45, 2.75) is 162 Å². The Morgan fingerprint density at radius 2 is 0.886 bits per heavy atom. The molecule has 0 saturated carbocycles. The van der Waals surface area contributed by atoms with Crippen LogP contribution in [0.4, 0.5) is 0 Å². The Balaban J connectivity index is 2.15. The first kappa shape index (κ1) is 31.7. The number of benzene rings is 1. The third-order valence-electron chi connectivity index (χ3n) is 7.36. The third kappa shape index (κ3) is 19.5. The molecule has 1 atom stereocenters. The molecule has 0 aliphatic carbocycles. The zero-order chi connectivity index (χ0) is 25.2. The van der Waals surface area contributed by atoms with Crippen LogP contribution in [0.3, 0.4) is 0 Å². The van der Waals surface area contributed by atoms with Gasteiger partial charge >= 0.3 is 5.97 Å². The molecule has 0 bridgehead atoms. The number of unbranched alkanes of at least 4 members (excludes halogenated alkanes) is 19. The maximum Gasteiger partial charge on any atom is 0.314 e. The van der Waals surface area contributed by atoms with Gasteiger partial charge in [-0.25, -0.2) is 0 Å². The fourth-order valence-corrected chi connectivity index (χ4v) is 5.00. The first-order chi connectivity index (χ1) is 17.3. The zero-order valence-electron chi connectivity index (χ0n) is 23.5. The second-order valence-electron chi connectivity index (χ2n) is 10.7. The van der Waals surface area contributed by atoms with Crippen LogP contribution in [0.5, 0.6) is 5.75 Å². The molecule has 1 aromatic rings. The minimum absolute atomic E-state index is 0.0168. The lowest BCUT2D eigenvalue weighted by Crippen LogP contribution is -2.20. The van der Waals surface area contributed by atoms with Gasteiger partial charge in [0.2, 0.25) is 0 Å². The van der Waals surface area contributed by atoms with Crippen LogP contribution in [-0.4, -0.2) is 5.97 Å². The van der Waals surface area contributed by atoms with E-state index in [9.17, 15) is 4.79 Å². The lowest BCUT2D eigenvalue weighted by Gasteiger charge is -2.16. The summed E-state index contributed by atoms with van der Waals surface area (Å²) in [7, 11) is 0. The molecule has 202 valence electrons. The van der Waals surface area contributed by atoms with Crippen LogP contribution in [-0.2, 0) is 4.79 Å². The van der Waals surface area contributed by atoms with Crippen molar-refractivity contribution >= 4 is 5.97 Å². The summed E-state index contributed by atoms with van der Waals surface area (Å²) >= 11 is 0. The van der Waals surface area contributed by atoms with Crippen LogP contribution in [0.1, 0.15) is 162 Å². The topological polar surface area (TPSA) is 26.3 Å². The van der Waals surface area contributed by atoms with E-state index < -0.39 is 0 Å². The molecule has 0 heterocycles. The van der Waals surface area contributed by atoms with Gasteiger partial charge in [0.15, 0.2) is 0 Å². The molecule has 2 nitrogen and oxygen atoms in total. The molecule has 0 aliphatic heterocycles. The van der Waals surface area contributed by atoms with E-state index in [0.29, 0.717) is 5.75 Å². The zero-order valence-corrected chi connectivity index (χ0v) is 23.5. The molecule has 0 amide bonds. The summed E-state index contributed by atoms with van der Waals surface area (Å²) in [5.74, 6) is 0.725. The van der Waals surface area contributed by atoms with Crippen molar-refractivity contribution in [3.63, 3.8) is 0 Å². The van der Waals surface area contributed by atoms with E-state index in [1.54, 1.807) is 0 Å². The summed E-state index contributed by atoms with van der Waals surface area (Å²) in [4.78, 5) is 12.9. The number of para-hydroxylation sites is 1. The Morgan fingerprint density at radius 1 is 0.543 bits per heavy atom. The Morgan fingerprint density at radius 3 is 1.26 bits per heavy atom. The lowest BCUT2D eigenvalue weighted by molar-refractivity contribution is -0.139. The minimum atomic E-state index is -0.0168. The Hall–Kier alpha value is -1.31. The summed E-state index contributed by atoms with van der Waals surface area (Å²) in [6, 6.07) is 9.59. The smallest absolute Gasteiger partial charge is 0.314 e. The highest BCUT2D eigenvalue weighted by Crippen LogP contribution is 2.22. The molecule has 35 heavy (non-hydrogen) atoms. The number of carbonyl (C=O) groups is 1. The molecule has 0 radical (unpaired) electrons. The first-order valence-corrected chi connectivity index (χ1v) is 15.5. The van der Waals surface area contributed by atoms with Gasteiger partial charge in [-0.2, -0.15) is 0 Å². The highest BCUT2D eigenvalue weighted by atomic mass is 16.5. The highest BCUT2D eigenvalue weighted by molar-refractivity contribution is 5.75. The average molecular weight is 487 g/mol. The molecule has 2 heteroatoms. The second-order valence-corrected chi connectivity index (χ2v) is 10.7. The SMILES string of the molecule is CCCCCCCCCCCCCCCCC(CCCCCCCCC)C(=O)Oc1ccccc1. The van der Waals surface area contributed by atoms with Crippen LogP contribution >= 0.6 is 0 Å². The fourth-order valence-electron chi connectivity index (χ4n) is 5.00. The maximum absolute atomic E-state index is 12.9. The van der Waals surface area contributed by atoms with Gasteiger partial charge in [-0.05, 0) is 25.0 Å². The van der Waals surface area contributed by atoms with Gasteiger partial charge in [0.1, 0.15) is 5.75 Å². The van der Waals surface area contributed by atoms with Crippen molar-refractivity contribution in [3.8, 4) is 5.75 Å². The fraction of sp³-hybridized carbons (Fsp3) is 0.788. The number of ether oxygens (including phenoxy) is 1. The summed E-state index contributed by atoms with van der Waals surface area (Å²) in [6.07, 6.45) is 30.2. The Kier molecular flexibility index (Phi) is 22.1. The predicted octanol–water partition coefficient (Wildman–Crippen LogP) is 11.2. The summed E-state index contributed by atoms with van der Waals surface area (Å²) < 4.78 is 5.72. The number of carbonyl (C=O) groups excluding carboxylic acids is 1. The molecule has 1 unspecified atom stereocenters. The summed E-state index contributed by atoms with van der Waals surface area (Å²) in [5, 5.41) is 0. The molecule has 1 rings (SSSR count). The highest BCUT2D eigenvalue weighted by Gasteiger charge is 2.20. The van der Waals surface area contributed by atoms with E-state index in [1.165, 1.54) is 122 Å². The van der Waals surface area contributed by atoms with Gasteiger partial charge in [-0.15, -0.1) is 0 Å². The van der Waals surface area contributed by atoms with E-state index in [1.807, 2.05) is 30.3 Å². The molecule has 0 spiro atoms. The quantitative estimate of drug-likeness (QED) is 0.0780. The molecular weight excluding hydrogens is 428 g/mol. The van der Waals surface area contributed by atoms with Gasteiger partial charge in [-0.3, -0.25) is 4.79 Å². The number of rotatable bonds is 25. The molecule has 0 aliphatic rings. The predicted molar refractivity (Wildman–Crippen MR) is 153 cm³/mol. The lowest BCUT2D eigenvalue weighted by atomic mass is 9.94. The monoisotopic (exact) mass is 486 g/mol. The van der Waals surface area contributed by atoms with Gasteiger partial charge in [0.25, 0.3) is 0 Å². The van der Waals surface area contributed by atoms with E-state index in [2.05, 4.69) is 13.8 Å². The van der Waals surface area contributed by atoms with Crippen molar-refractivity contribution in [1.29, 1.82) is 0 Å². The Labute approximate surface area is 219 Å². The van der Waals surface area contributed by atoms with Crippen molar-refractivity contribution in [3.05, 3.63) is 30.3 Å². The van der Waals surface area contributed by atoms with Gasteiger partial charge in [0.05, 0.1) is 5.92 Å². The normalized spacial score (nSPS) is 12.1. The molecule has 0 saturated heterocycles. The molecule has 0 aromatic heterocycles. The minimum Gasteiger partial charge on any atom is -0.426 e. The van der Waals surface area contributed by atoms with Crippen molar-refractivity contribution in [1.82, 2.24) is 0 Å².